The van der Waals surface area contributed by atoms with E-state index in [-0.39, 0.29) is 17.9 Å². The lowest BCUT2D eigenvalue weighted by Crippen LogP contribution is -2.38. The molecule has 0 bridgehead atoms. The Kier molecular flexibility index (Phi) is 6.87. The summed E-state index contributed by atoms with van der Waals surface area (Å²) in [6, 6.07) is 5.54. The number of halogens is 1. The number of nitrogens with one attached hydrogen (secondary N) is 2. The van der Waals surface area contributed by atoms with Crippen LogP contribution >= 0.6 is 22.9 Å². The van der Waals surface area contributed by atoms with E-state index in [1.807, 2.05) is 17.5 Å². The molecule has 34 heavy (non-hydrogen) atoms. The van der Waals surface area contributed by atoms with Crippen LogP contribution in [0.15, 0.2) is 23.6 Å². The number of thiazole rings is 1. The standard InChI is InChI=1S/C24H28ClN5O3S/c25-15-4-5-19-18(11-15)20(21(29-19)22(26)31)14-2-1-3-16(10-14)27-23(32)24-28-17(13-34-24)12-30-6-8-33-9-7-30/h4-5,11,13-14,16,29H,1-3,6-10,12H2,(H2,26,31)(H,27,32)/t14?,16-/m1/s1. The summed E-state index contributed by atoms with van der Waals surface area (Å²) >= 11 is 7.63. The van der Waals surface area contributed by atoms with Gasteiger partial charge < -0.3 is 20.8 Å². The second-order valence-electron chi connectivity index (χ2n) is 9.03. The number of ether oxygens (including phenoxy) is 1. The van der Waals surface area contributed by atoms with Gasteiger partial charge in [-0.1, -0.05) is 18.0 Å². The number of morpholine rings is 1. The van der Waals surface area contributed by atoms with Crippen LogP contribution in [0.2, 0.25) is 5.02 Å². The predicted octanol–water partition coefficient (Wildman–Crippen LogP) is 3.67. The number of amides is 2. The van der Waals surface area contributed by atoms with Gasteiger partial charge in [0.1, 0.15) is 5.69 Å². The van der Waals surface area contributed by atoms with Gasteiger partial charge in [-0.3, -0.25) is 14.5 Å². The Morgan fingerprint density at radius 1 is 1.29 bits per heavy atom. The van der Waals surface area contributed by atoms with Gasteiger partial charge in [0.05, 0.1) is 18.9 Å². The molecule has 0 spiro atoms. The molecule has 1 aromatic carbocycles. The van der Waals surface area contributed by atoms with E-state index in [0.717, 1.165) is 80.7 Å². The Balaban J connectivity index is 1.28. The van der Waals surface area contributed by atoms with Crippen LogP contribution in [-0.4, -0.2) is 59.0 Å². The second-order valence-corrected chi connectivity index (χ2v) is 10.3. The van der Waals surface area contributed by atoms with Crippen LogP contribution < -0.4 is 11.1 Å². The van der Waals surface area contributed by atoms with E-state index in [1.165, 1.54) is 11.3 Å². The van der Waals surface area contributed by atoms with Crippen molar-refractivity contribution in [1.82, 2.24) is 20.2 Å². The van der Waals surface area contributed by atoms with Gasteiger partial charge in [0, 0.05) is 47.0 Å². The average molecular weight is 502 g/mol. The van der Waals surface area contributed by atoms with Crippen LogP contribution in [0.25, 0.3) is 10.9 Å². The van der Waals surface area contributed by atoms with E-state index in [0.29, 0.717) is 15.7 Å². The molecule has 2 atom stereocenters. The van der Waals surface area contributed by atoms with Crippen LogP contribution in [0.4, 0.5) is 0 Å². The maximum atomic E-state index is 12.9. The van der Waals surface area contributed by atoms with Gasteiger partial charge in [-0.25, -0.2) is 4.98 Å². The SMILES string of the molecule is NC(=O)c1[nH]c2ccc(Cl)cc2c1C1CCC[C@@H](NC(=O)c2nc(CN3CCOCC3)cs2)C1. The summed E-state index contributed by atoms with van der Waals surface area (Å²) in [6.45, 7) is 3.97. The monoisotopic (exact) mass is 501 g/mol. The third kappa shape index (κ3) is 4.98. The summed E-state index contributed by atoms with van der Waals surface area (Å²) in [7, 11) is 0. The third-order valence-electron chi connectivity index (χ3n) is 6.70. The van der Waals surface area contributed by atoms with Gasteiger partial charge in [0.25, 0.3) is 11.8 Å². The number of carbonyl (C=O) groups is 2. The lowest BCUT2D eigenvalue weighted by Gasteiger charge is -2.30. The Hall–Kier alpha value is -2.46. The molecule has 180 valence electrons. The topological polar surface area (TPSA) is 113 Å². The van der Waals surface area contributed by atoms with E-state index < -0.39 is 5.91 Å². The summed E-state index contributed by atoms with van der Waals surface area (Å²) < 4.78 is 5.39. The fourth-order valence-corrected chi connectivity index (χ4v) is 5.99. The van der Waals surface area contributed by atoms with E-state index in [2.05, 4.69) is 20.2 Å². The maximum Gasteiger partial charge on any atom is 0.280 e. The first-order chi connectivity index (χ1) is 16.5. The predicted molar refractivity (Wildman–Crippen MR) is 132 cm³/mol. The molecule has 1 saturated heterocycles. The number of H-pyrrole nitrogens is 1. The first-order valence-electron chi connectivity index (χ1n) is 11.6. The fraction of sp³-hybridized carbons (Fsp3) is 0.458. The molecule has 1 aliphatic carbocycles. The zero-order chi connectivity index (χ0) is 23.7. The van der Waals surface area contributed by atoms with Crippen LogP contribution in [-0.2, 0) is 11.3 Å². The van der Waals surface area contributed by atoms with Crippen molar-refractivity contribution in [3.63, 3.8) is 0 Å². The Labute approximate surface area is 206 Å². The zero-order valence-corrected chi connectivity index (χ0v) is 20.4. The van der Waals surface area contributed by atoms with Gasteiger partial charge in [-0.15, -0.1) is 11.3 Å². The minimum absolute atomic E-state index is 0.00250. The van der Waals surface area contributed by atoms with E-state index in [4.69, 9.17) is 22.1 Å². The molecule has 1 unspecified atom stereocenters. The second kappa shape index (κ2) is 10.0. The number of hydrogen-bond acceptors (Lipinski definition) is 6. The number of aromatic nitrogens is 2. The van der Waals surface area contributed by atoms with Crippen molar-refractivity contribution >= 4 is 45.7 Å². The van der Waals surface area contributed by atoms with Crippen molar-refractivity contribution in [2.75, 3.05) is 26.3 Å². The van der Waals surface area contributed by atoms with Gasteiger partial charge in [-0.2, -0.15) is 0 Å². The summed E-state index contributed by atoms with van der Waals surface area (Å²) in [5.74, 6) is -0.521. The molecule has 2 aromatic heterocycles. The highest BCUT2D eigenvalue weighted by Crippen LogP contribution is 2.39. The Morgan fingerprint density at radius 2 is 2.12 bits per heavy atom. The number of benzene rings is 1. The van der Waals surface area contributed by atoms with Crippen molar-refractivity contribution < 1.29 is 14.3 Å². The molecule has 2 fully saturated rings. The highest BCUT2D eigenvalue weighted by Gasteiger charge is 2.30. The number of fused-ring (bicyclic) bond motifs is 1. The molecule has 10 heteroatoms. The number of hydrogen-bond donors (Lipinski definition) is 3. The molecular weight excluding hydrogens is 474 g/mol. The lowest BCUT2D eigenvalue weighted by atomic mass is 9.80. The van der Waals surface area contributed by atoms with E-state index >= 15 is 0 Å². The summed E-state index contributed by atoms with van der Waals surface area (Å²) in [6.07, 6.45) is 3.50. The normalized spacial score (nSPS) is 21.6. The number of rotatable bonds is 6. The Bertz CT molecular complexity index is 1200. The van der Waals surface area contributed by atoms with Crippen LogP contribution in [0, 0.1) is 0 Å². The van der Waals surface area contributed by atoms with Crippen LogP contribution in [0.1, 0.15) is 63.1 Å². The number of aromatic amines is 1. The van der Waals surface area contributed by atoms with Gasteiger partial charge in [0.2, 0.25) is 0 Å². The van der Waals surface area contributed by atoms with Crippen LogP contribution in [0.5, 0.6) is 0 Å². The first kappa shape index (κ1) is 23.3. The van der Waals surface area contributed by atoms with Crippen molar-refractivity contribution in [3.05, 3.63) is 50.6 Å². The summed E-state index contributed by atoms with van der Waals surface area (Å²) in [5, 5.41) is 7.16. The molecule has 2 amide bonds. The van der Waals surface area contributed by atoms with E-state index in [9.17, 15) is 9.59 Å². The number of nitrogens with two attached hydrogens (primary N) is 1. The molecule has 1 aliphatic heterocycles. The molecule has 4 N–H and O–H groups in total. The van der Waals surface area contributed by atoms with Gasteiger partial charge in [-0.05, 0) is 48.9 Å². The molecule has 3 aromatic rings. The number of primary amides is 1. The molecular formula is C24H28ClN5O3S. The van der Waals surface area contributed by atoms with Gasteiger partial charge >= 0.3 is 0 Å². The lowest BCUT2D eigenvalue weighted by molar-refractivity contribution is 0.0337. The van der Waals surface area contributed by atoms with Crippen molar-refractivity contribution in [2.24, 2.45) is 5.73 Å². The average Bonchev–Trinajstić information content (AvgIpc) is 3.44. The Morgan fingerprint density at radius 3 is 2.91 bits per heavy atom. The summed E-state index contributed by atoms with van der Waals surface area (Å²) in [4.78, 5) is 35.2. The van der Waals surface area contributed by atoms with Crippen molar-refractivity contribution in [2.45, 2.75) is 44.2 Å². The zero-order valence-electron chi connectivity index (χ0n) is 18.8. The van der Waals surface area contributed by atoms with E-state index in [1.54, 1.807) is 6.07 Å². The quantitative estimate of drug-likeness (QED) is 0.477. The van der Waals surface area contributed by atoms with Crippen LogP contribution in [0.3, 0.4) is 0 Å². The highest BCUT2D eigenvalue weighted by atomic mass is 35.5. The minimum atomic E-state index is -0.482. The van der Waals surface area contributed by atoms with Gasteiger partial charge in [0.15, 0.2) is 5.01 Å². The molecule has 2 aliphatic rings. The summed E-state index contributed by atoms with van der Waals surface area (Å²) in [5.41, 5.74) is 8.79. The number of carbonyl (C=O) groups excluding carboxylic acids is 2. The fourth-order valence-electron chi connectivity index (χ4n) is 5.11. The largest absolute Gasteiger partial charge is 0.379 e. The smallest absolute Gasteiger partial charge is 0.280 e. The number of nitrogens with zero attached hydrogens (tertiary/aromatic N) is 2. The molecule has 0 radical (unpaired) electrons. The highest BCUT2D eigenvalue weighted by molar-refractivity contribution is 7.11. The molecule has 1 saturated carbocycles. The van der Waals surface area contributed by atoms with Crippen molar-refractivity contribution in [1.29, 1.82) is 0 Å². The molecule has 3 heterocycles. The van der Waals surface area contributed by atoms with Crippen molar-refractivity contribution in [3.8, 4) is 0 Å². The first-order valence-corrected chi connectivity index (χ1v) is 12.9. The third-order valence-corrected chi connectivity index (χ3v) is 7.83. The molecule has 5 rings (SSSR count). The molecule has 8 nitrogen and oxygen atoms in total. The maximum absolute atomic E-state index is 12.9. The minimum Gasteiger partial charge on any atom is -0.379 e.